The third-order valence-corrected chi connectivity index (χ3v) is 10.9. The SMILES string of the molecule is CCOc1ccc(F)c([C@@H](Nc2ccc3c(N)nccc3c2)C(=O)N2CC[C@H](C(=O)OC)[C@@H]2c2cc(NC(C)=O)ccc2S(=O)(=O)C(C)C)c1. The number of carbonyl (C=O) groups is 3. The Balaban J connectivity index is 1.69. The highest BCUT2D eigenvalue weighted by Crippen LogP contribution is 2.44. The van der Waals surface area contributed by atoms with Crippen LogP contribution >= 0.6 is 0 Å². The minimum Gasteiger partial charge on any atom is -0.494 e. The standard InChI is InChI=1S/C36H40FN5O7S/c1-6-49-25-9-11-30(37)28(19-25)32(41-23-7-10-26-22(17-23)13-15-39-34(26)38)35(44)42-16-14-27(36(45)48-5)33(42)29-18-24(40-21(4)43)8-12-31(29)50(46,47)20(2)3/h7-13,15,17-20,27,32-33,41H,6,14,16H2,1-5H3,(H2,38,39)(H,40,43)/t27-,32+,33+/m0/s1. The molecular formula is C36H40FN5O7S. The number of methoxy groups -OCH3 is 1. The molecule has 3 atom stereocenters. The number of nitrogens with two attached hydrogens (primary N) is 1. The number of nitrogen functional groups attached to an aromatic ring is 1. The van der Waals surface area contributed by atoms with Crippen molar-refractivity contribution in [3.63, 3.8) is 0 Å². The van der Waals surface area contributed by atoms with E-state index >= 15 is 4.39 Å². The Morgan fingerprint density at radius 2 is 1.80 bits per heavy atom. The molecule has 0 aliphatic carbocycles. The summed E-state index contributed by atoms with van der Waals surface area (Å²) in [5, 5.41) is 6.40. The number of fused-ring (bicyclic) bond motifs is 1. The van der Waals surface area contributed by atoms with Gasteiger partial charge in [-0.15, -0.1) is 0 Å². The molecule has 1 aliphatic heterocycles. The maximum Gasteiger partial charge on any atom is 0.311 e. The number of anilines is 3. The fourth-order valence-corrected chi connectivity index (χ4v) is 7.57. The van der Waals surface area contributed by atoms with E-state index in [4.69, 9.17) is 15.2 Å². The molecule has 0 bridgehead atoms. The van der Waals surface area contributed by atoms with Gasteiger partial charge in [-0.1, -0.05) is 0 Å². The van der Waals surface area contributed by atoms with Gasteiger partial charge in [-0.25, -0.2) is 17.8 Å². The summed E-state index contributed by atoms with van der Waals surface area (Å²) < 4.78 is 54.1. The molecule has 1 saturated heterocycles. The number of halogens is 1. The van der Waals surface area contributed by atoms with Crippen LogP contribution < -0.4 is 21.1 Å². The number of rotatable bonds is 11. The van der Waals surface area contributed by atoms with E-state index in [0.29, 0.717) is 29.2 Å². The number of sulfone groups is 1. The lowest BCUT2D eigenvalue weighted by Crippen LogP contribution is -2.40. The van der Waals surface area contributed by atoms with Crippen LogP contribution in [0.25, 0.3) is 10.8 Å². The lowest BCUT2D eigenvalue weighted by Gasteiger charge is -2.33. The summed E-state index contributed by atoms with van der Waals surface area (Å²) in [5.41, 5.74) is 6.88. The van der Waals surface area contributed by atoms with Crippen LogP contribution in [0.2, 0.25) is 0 Å². The van der Waals surface area contributed by atoms with E-state index in [-0.39, 0.29) is 34.7 Å². The van der Waals surface area contributed by atoms with Crippen LogP contribution in [0.5, 0.6) is 5.75 Å². The van der Waals surface area contributed by atoms with Crippen molar-refractivity contribution in [1.29, 1.82) is 0 Å². The van der Waals surface area contributed by atoms with Crippen molar-refractivity contribution in [2.24, 2.45) is 5.92 Å². The van der Waals surface area contributed by atoms with Gasteiger partial charge in [0, 0.05) is 42.0 Å². The molecule has 4 N–H and O–H groups in total. The molecule has 5 rings (SSSR count). The number of amides is 2. The molecule has 1 aliphatic rings. The Hall–Kier alpha value is -5.24. The van der Waals surface area contributed by atoms with Gasteiger partial charge in [0.15, 0.2) is 9.84 Å². The Bertz CT molecular complexity index is 2060. The van der Waals surface area contributed by atoms with Gasteiger partial charge in [-0.3, -0.25) is 14.4 Å². The Kier molecular flexibility index (Phi) is 10.6. The van der Waals surface area contributed by atoms with Gasteiger partial charge in [0.05, 0.1) is 35.8 Å². The Labute approximate surface area is 290 Å². The van der Waals surface area contributed by atoms with Gasteiger partial charge < -0.3 is 30.7 Å². The van der Waals surface area contributed by atoms with E-state index in [9.17, 15) is 22.8 Å². The largest absolute Gasteiger partial charge is 0.494 e. The molecule has 14 heteroatoms. The first-order chi connectivity index (χ1) is 23.8. The van der Waals surface area contributed by atoms with E-state index in [2.05, 4.69) is 15.6 Å². The molecule has 264 valence electrons. The quantitative estimate of drug-likeness (QED) is 0.172. The summed E-state index contributed by atoms with van der Waals surface area (Å²) in [6, 6.07) is 12.8. The first kappa shape index (κ1) is 36.1. The number of esters is 1. The van der Waals surface area contributed by atoms with Crippen LogP contribution in [0, 0.1) is 11.7 Å². The normalized spacial score (nSPS) is 16.7. The van der Waals surface area contributed by atoms with Gasteiger partial charge in [0.25, 0.3) is 0 Å². The number of nitrogens with one attached hydrogen (secondary N) is 2. The molecule has 4 aromatic rings. The summed E-state index contributed by atoms with van der Waals surface area (Å²) in [6.45, 7) is 6.44. The first-order valence-corrected chi connectivity index (χ1v) is 17.7. The van der Waals surface area contributed by atoms with E-state index in [1.54, 1.807) is 37.4 Å². The third-order valence-electron chi connectivity index (χ3n) is 8.70. The van der Waals surface area contributed by atoms with Crippen molar-refractivity contribution in [1.82, 2.24) is 9.88 Å². The Morgan fingerprint density at radius 3 is 2.48 bits per heavy atom. The minimum atomic E-state index is -3.97. The molecule has 0 spiro atoms. The average Bonchev–Trinajstić information content (AvgIpc) is 3.52. The monoisotopic (exact) mass is 705 g/mol. The number of hydrogen-bond acceptors (Lipinski definition) is 10. The molecule has 0 radical (unpaired) electrons. The number of pyridine rings is 1. The molecule has 3 aromatic carbocycles. The maximum absolute atomic E-state index is 15.8. The molecule has 2 heterocycles. The third kappa shape index (κ3) is 7.20. The number of benzene rings is 3. The number of carbonyl (C=O) groups excluding carboxylic acids is 3. The highest BCUT2D eigenvalue weighted by molar-refractivity contribution is 7.92. The Morgan fingerprint density at radius 1 is 1.06 bits per heavy atom. The van der Waals surface area contributed by atoms with E-state index < -0.39 is 56.7 Å². The molecule has 0 unspecified atom stereocenters. The van der Waals surface area contributed by atoms with Crippen LogP contribution in [-0.4, -0.2) is 61.6 Å². The highest BCUT2D eigenvalue weighted by Gasteiger charge is 2.47. The number of nitrogens with zero attached hydrogens (tertiary/aromatic N) is 2. The summed E-state index contributed by atoms with van der Waals surface area (Å²) in [7, 11) is -2.76. The van der Waals surface area contributed by atoms with Crippen LogP contribution in [0.15, 0.2) is 71.8 Å². The number of likely N-dealkylation sites (tertiary alicyclic amines) is 1. The predicted molar refractivity (Wildman–Crippen MR) is 188 cm³/mol. The smallest absolute Gasteiger partial charge is 0.311 e. The van der Waals surface area contributed by atoms with Gasteiger partial charge >= 0.3 is 5.97 Å². The molecule has 1 fully saturated rings. The molecule has 0 saturated carbocycles. The highest BCUT2D eigenvalue weighted by atomic mass is 32.2. The van der Waals surface area contributed by atoms with Crippen molar-refractivity contribution in [2.75, 3.05) is 36.6 Å². The predicted octanol–water partition coefficient (Wildman–Crippen LogP) is 5.41. The van der Waals surface area contributed by atoms with Crippen molar-refractivity contribution in [2.45, 2.75) is 56.3 Å². The average molecular weight is 706 g/mol. The van der Waals surface area contributed by atoms with Crippen molar-refractivity contribution < 1.29 is 36.7 Å². The second-order valence-electron chi connectivity index (χ2n) is 12.2. The summed E-state index contributed by atoms with van der Waals surface area (Å²) in [6.07, 6.45) is 1.68. The van der Waals surface area contributed by atoms with Crippen LogP contribution in [0.4, 0.5) is 21.6 Å². The van der Waals surface area contributed by atoms with Gasteiger partial charge in [-0.05, 0) is 98.8 Å². The van der Waals surface area contributed by atoms with Gasteiger partial charge in [-0.2, -0.15) is 0 Å². The zero-order chi connectivity index (χ0) is 36.3. The zero-order valence-corrected chi connectivity index (χ0v) is 29.2. The van der Waals surface area contributed by atoms with Gasteiger partial charge in [0.1, 0.15) is 23.4 Å². The molecule has 2 amide bonds. The second kappa shape index (κ2) is 14.7. The maximum atomic E-state index is 15.8. The van der Waals surface area contributed by atoms with Crippen molar-refractivity contribution >= 4 is 55.6 Å². The summed E-state index contributed by atoms with van der Waals surface area (Å²) in [4.78, 5) is 45.6. The topological polar surface area (TPSA) is 170 Å². The molecular weight excluding hydrogens is 665 g/mol. The second-order valence-corrected chi connectivity index (χ2v) is 14.7. The fraction of sp³-hybridized carbons (Fsp3) is 0.333. The zero-order valence-electron chi connectivity index (χ0n) is 28.4. The summed E-state index contributed by atoms with van der Waals surface area (Å²) in [5.74, 6) is -2.71. The summed E-state index contributed by atoms with van der Waals surface area (Å²) >= 11 is 0. The number of hydrogen-bond donors (Lipinski definition) is 3. The first-order valence-electron chi connectivity index (χ1n) is 16.1. The van der Waals surface area contributed by atoms with E-state index in [0.717, 1.165) is 5.39 Å². The van der Waals surface area contributed by atoms with Gasteiger partial charge in [0.2, 0.25) is 11.8 Å². The lowest BCUT2D eigenvalue weighted by atomic mass is 9.92. The number of ether oxygens (including phenoxy) is 2. The van der Waals surface area contributed by atoms with Crippen molar-refractivity contribution in [3.05, 3.63) is 83.8 Å². The lowest BCUT2D eigenvalue weighted by molar-refractivity contribution is -0.147. The van der Waals surface area contributed by atoms with E-state index in [1.165, 1.54) is 69.2 Å². The molecule has 50 heavy (non-hydrogen) atoms. The van der Waals surface area contributed by atoms with Crippen molar-refractivity contribution in [3.8, 4) is 5.75 Å². The minimum absolute atomic E-state index is 0.0136. The van der Waals surface area contributed by atoms with Crippen LogP contribution in [0.3, 0.4) is 0 Å². The number of aromatic nitrogens is 1. The molecule has 12 nitrogen and oxygen atoms in total. The fourth-order valence-electron chi connectivity index (χ4n) is 6.29. The van der Waals surface area contributed by atoms with Crippen LogP contribution in [0.1, 0.15) is 57.3 Å². The van der Waals surface area contributed by atoms with Crippen LogP contribution in [-0.2, 0) is 29.0 Å². The molecule has 1 aromatic heterocycles. The van der Waals surface area contributed by atoms with E-state index in [1.807, 2.05) is 0 Å².